The fourth-order valence-electron chi connectivity index (χ4n) is 3.99. The van der Waals surface area contributed by atoms with Crippen molar-refractivity contribution in [1.29, 1.82) is 0 Å². The minimum atomic E-state index is 0.495. The Labute approximate surface area is 132 Å². The molecule has 4 rings (SSSR count). The molecule has 0 spiro atoms. The van der Waals surface area contributed by atoms with E-state index < -0.39 is 0 Å². The van der Waals surface area contributed by atoms with E-state index in [9.17, 15) is 0 Å². The number of rotatable bonds is 2. The summed E-state index contributed by atoms with van der Waals surface area (Å²) in [5.41, 5.74) is 1.37. The standard InChI is InChI=1S/C18H25N3O/c1-2-5-15(6-3-1)13-21-11-9-19-18(21)20-10-8-17-16(14-20)7-4-12-22-17/h1-3,5-6,16-17H,4,7-14H2. The number of hydrogen-bond acceptors (Lipinski definition) is 4. The fourth-order valence-corrected chi connectivity index (χ4v) is 3.99. The molecule has 0 N–H and O–H groups in total. The summed E-state index contributed by atoms with van der Waals surface area (Å²) in [5, 5.41) is 0. The molecule has 1 aromatic rings. The van der Waals surface area contributed by atoms with Crippen LogP contribution in [0.25, 0.3) is 0 Å². The van der Waals surface area contributed by atoms with Crippen molar-refractivity contribution in [3.05, 3.63) is 35.9 Å². The minimum Gasteiger partial charge on any atom is -0.378 e. The van der Waals surface area contributed by atoms with E-state index in [0.717, 1.165) is 45.8 Å². The van der Waals surface area contributed by atoms with Crippen LogP contribution >= 0.6 is 0 Å². The third-order valence-corrected chi connectivity index (χ3v) is 5.12. The molecule has 3 aliphatic heterocycles. The molecule has 0 aromatic heterocycles. The largest absolute Gasteiger partial charge is 0.378 e. The van der Waals surface area contributed by atoms with E-state index in [2.05, 4.69) is 40.1 Å². The van der Waals surface area contributed by atoms with Crippen LogP contribution in [0.1, 0.15) is 24.8 Å². The number of guanidine groups is 1. The van der Waals surface area contributed by atoms with Crippen molar-refractivity contribution in [2.45, 2.75) is 31.9 Å². The van der Waals surface area contributed by atoms with Crippen LogP contribution in [0.4, 0.5) is 0 Å². The van der Waals surface area contributed by atoms with Crippen LogP contribution in [0.5, 0.6) is 0 Å². The Hall–Kier alpha value is -1.55. The van der Waals surface area contributed by atoms with E-state index in [1.54, 1.807) is 0 Å². The number of benzene rings is 1. The average molecular weight is 299 g/mol. The first-order valence-electron chi connectivity index (χ1n) is 8.60. The summed E-state index contributed by atoms with van der Waals surface area (Å²) in [6.07, 6.45) is 4.18. The second kappa shape index (κ2) is 6.29. The van der Waals surface area contributed by atoms with Crippen molar-refractivity contribution >= 4 is 5.96 Å². The highest BCUT2D eigenvalue weighted by Gasteiger charge is 2.35. The van der Waals surface area contributed by atoms with Crippen LogP contribution in [-0.4, -0.2) is 54.6 Å². The molecule has 2 fully saturated rings. The molecule has 3 heterocycles. The van der Waals surface area contributed by atoms with Crippen molar-refractivity contribution in [1.82, 2.24) is 9.80 Å². The number of piperidine rings is 1. The van der Waals surface area contributed by atoms with E-state index in [-0.39, 0.29) is 0 Å². The van der Waals surface area contributed by atoms with E-state index in [0.29, 0.717) is 12.0 Å². The molecule has 4 heteroatoms. The van der Waals surface area contributed by atoms with Gasteiger partial charge in [-0.3, -0.25) is 4.99 Å². The molecule has 2 saturated heterocycles. The fraction of sp³-hybridized carbons (Fsp3) is 0.611. The van der Waals surface area contributed by atoms with Gasteiger partial charge in [-0.25, -0.2) is 0 Å². The Bertz CT molecular complexity index is 530. The molecular weight excluding hydrogens is 274 g/mol. The summed E-state index contributed by atoms with van der Waals surface area (Å²) in [6, 6.07) is 10.7. The van der Waals surface area contributed by atoms with Crippen molar-refractivity contribution in [3.8, 4) is 0 Å². The van der Waals surface area contributed by atoms with E-state index in [1.807, 2.05) is 0 Å². The van der Waals surface area contributed by atoms with Gasteiger partial charge < -0.3 is 14.5 Å². The second-order valence-corrected chi connectivity index (χ2v) is 6.64. The molecule has 0 radical (unpaired) electrons. The zero-order valence-electron chi connectivity index (χ0n) is 13.2. The molecule has 118 valence electrons. The molecule has 2 unspecified atom stereocenters. The monoisotopic (exact) mass is 299 g/mol. The van der Waals surface area contributed by atoms with Crippen LogP contribution < -0.4 is 0 Å². The summed E-state index contributed by atoms with van der Waals surface area (Å²) < 4.78 is 5.94. The van der Waals surface area contributed by atoms with E-state index in [1.165, 1.54) is 24.4 Å². The predicted octanol–water partition coefficient (Wildman–Crippen LogP) is 2.36. The summed E-state index contributed by atoms with van der Waals surface area (Å²) in [4.78, 5) is 9.75. The molecule has 0 saturated carbocycles. The third kappa shape index (κ3) is 2.84. The Kier molecular flexibility index (Phi) is 4.02. The highest BCUT2D eigenvalue weighted by molar-refractivity contribution is 5.81. The first-order valence-corrected chi connectivity index (χ1v) is 8.60. The lowest BCUT2D eigenvalue weighted by Gasteiger charge is -2.43. The lowest BCUT2D eigenvalue weighted by molar-refractivity contribution is -0.0567. The second-order valence-electron chi connectivity index (χ2n) is 6.64. The maximum Gasteiger partial charge on any atom is 0.197 e. The SMILES string of the molecule is c1ccc(CN2CCN=C2N2CCC3OCCCC3C2)cc1. The third-order valence-electron chi connectivity index (χ3n) is 5.12. The van der Waals surface area contributed by atoms with Gasteiger partial charge in [0.1, 0.15) is 0 Å². The average Bonchev–Trinajstić information content (AvgIpc) is 3.03. The van der Waals surface area contributed by atoms with Crippen molar-refractivity contribution in [3.63, 3.8) is 0 Å². The Morgan fingerprint density at radius 3 is 2.95 bits per heavy atom. The maximum atomic E-state index is 5.94. The molecule has 2 atom stereocenters. The molecule has 0 bridgehead atoms. The molecule has 4 nitrogen and oxygen atoms in total. The lowest BCUT2D eigenvalue weighted by Crippen LogP contribution is -2.51. The van der Waals surface area contributed by atoms with Gasteiger partial charge in [0, 0.05) is 38.7 Å². The lowest BCUT2D eigenvalue weighted by atomic mass is 9.88. The van der Waals surface area contributed by atoms with Crippen LogP contribution in [0.3, 0.4) is 0 Å². The number of hydrogen-bond donors (Lipinski definition) is 0. The van der Waals surface area contributed by atoms with Crippen molar-refractivity contribution < 1.29 is 4.74 Å². The Morgan fingerprint density at radius 1 is 1.14 bits per heavy atom. The van der Waals surface area contributed by atoms with Gasteiger partial charge in [-0.15, -0.1) is 0 Å². The number of ether oxygens (including phenoxy) is 1. The zero-order chi connectivity index (χ0) is 14.8. The molecule has 0 amide bonds. The molecule has 1 aromatic carbocycles. The van der Waals surface area contributed by atoms with Crippen LogP contribution in [0, 0.1) is 5.92 Å². The quantitative estimate of drug-likeness (QED) is 0.839. The van der Waals surface area contributed by atoms with Crippen LogP contribution in [0.2, 0.25) is 0 Å². The van der Waals surface area contributed by atoms with Crippen molar-refractivity contribution in [2.24, 2.45) is 10.9 Å². The normalized spacial score (nSPS) is 28.5. The van der Waals surface area contributed by atoms with Gasteiger partial charge in [0.15, 0.2) is 5.96 Å². The van der Waals surface area contributed by atoms with E-state index in [4.69, 9.17) is 9.73 Å². The number of likely N-dealkylation sites (tertiary alicyclic amines) is 1. The van der Waals surface area contributed by atoms with Crippen LogP contribution in [-0.2, 0) is 11.3 Å². The summed E-state index contributed by atoms with van der Waals surface area (Å²) in [7, 11) is 0. The highest BCUT2D eigenvalue weighted by atomic mass is 16.5. The van der Waals surface area contributed by atoms with Gasteiger partial charge >= 0.3 is 0 Å². The Balaban J connectivity index is 1.43. The topological polar surface area (TPSA) is 28.1 Å². The van der Waals surface area contributed by atoms with E-state index >= 15 is 0 Å². The molecule has 22 heavy (non-hydrogen) atoms. The zero-order valence-corrected chi connectivity index (χ0v) is 13.2. The van der Waals surface area contributed by atoms with Gasteiger partial charge in [-0.1, -0.05) is 30.3 Å². The number of nitrogens with zero attached hydrogens (tertiary/aromatic N) is 3. The summed E-state index contributed by atoms with van der Waals surface area (Å²) in [5.74, 6) is 1.91. The smallest absolute Gasteiger partial charge is 0.197 e. The molecule has 0 aliphatic carbocycles. The molecule has 3 aliphatic rings. The number of fused-ring (bicyclic) bond motifs is 1. The van der Waals surface area contributed by atoms with Crippen LogP contribution in [0.15, 0.2) is 35.3 Å². The highest BCUT2D eigenvalue weighted by Crippen LogP contribution is 2.29. The van der Waals surface area contributed by atoms with Gasteiger partial charge in [-0.2, -0.15) is 0 Å². The summed E-state index contributed by atoms with van der Waals surface area (Å²) in [6.45, 7) is 6.12. The molecular formula is C18H25N3O. The minimum absolute atomic E-state index is 0.495. The number of aliphatic imine (C=N–C) groups is 1. The first kappa shape index (κ1) is 14.1. The van der Waals surface area contributed by atoms with Gasteiger partial charge in [0.05, 0.1) is 12.6 Å². The first-order chi connectivity index (χ1) is 10.9. The van der Waals surface area contributed by atoms with Gasteiger partial charge in [-0.05, 0) is 24.8 Å². The van der Waals surface area contributed by atoms with Gasteiger partial charge in [0.2, 0.25) is 0 Å². The van der Waals surface area contributed by atoms with Crippen molar-refractivity contribution in [2.75, 3.05) is 32.8 Å². The Morgan fingerprint density at radius 2 is 2.05 bits per heavy atom. The maximum absolute atomic E-state index is 5.94. The predicted molar refractivity (Wildman–Crippen MR) is 87.8 cm³/mol. The van der Waals surface area contributed by atoms with Gasteiger partial charge in [0.25, 0.3) is 0 Å². The summed E-state index contributed by atoms with van der Waals surface area (Å²) >= 11 is 0.